The van der Waals surface area contributed by atoms with Gasteiger partial charge in [0, 0.05) is 23.5 Å². The number of aromatic nitrogens is 1. The van der Waals surface area contributed by atoms with Crippen LogP contribution in [-0.2, 0) is 0 Å². The SMILES string of the molecule is O=C(Nc1oc(-c2cccnc2)c(O)c1O)c1ccccc1. The van der Waals surface area contributed by atoms with Gasteiger partial charge in [-0.2, -0.15) is 0 Å². The van der Waals surface area contributed by atoms with E-state index in [1.807, 2.05) is 0 Å². The topological polar surface area (TPSA) is 95.6 Å². The number of furan rings is 1. The molecule has 0 atom stereocenters. The van der Waals surface area contributed by atoms with Gasteiger partial charge in [-0.3, -0.25) is 15.1 Å². The largest absolute Gasteiger partial charge is 0.502 e. The molecule has 0 aliphatic rings. The number of nitrogens with one attached hydrogen (secondary N) is 1. The van der Waals surface area contributed by atoms with Gasteiger partial charge >= 0.3 is 0 Å². The van der Waals surface area contributed by atoms with E-state index in [1.165, 1.54) is 6.20 Å². The smallest absolute Gasteiger partial charge is 0.258 e. The molecular formula is C16H12N2O4. The van der Waals surface area contributed by atoms with E-state index in [4.69, 9.17) is 4.42 Å². The number of pyridine rings is 1. The van der Waals surface area contributed by atoms with E-state index < -0.39 is 17.4 Å². The molecule has 0 spiro atoms. The predicted octanol–water partition coefficient (Wildman–Crippen LogP) is 3.01. The fourth-order valence-electron chi connectivity index (χ4n) is 1.96. The molecule has 0 fully saturated rings. The van der Waals surface area contributed by atoms with Crippen LogP contribution in [0.15, 0.2) is 59.3 Å². The number of benzene rings is 1. The lowest BCUT2D eigenvalue weighted by atomic mass is 10.2. The second kappa shape index (κ2) is 5.61. The molecule has 3 rings (SSSR count). The number of carbonyl (C=O) groups excluding carboxylic acids is 1. The molecule has 110 valence electrons. The minimum atomic E-state index is -0.525. The Kier molecular flexibility index (Phi) is 3.49. The standard InChI is InChI=1S/C16H12N2O4/c19-12-13(20)16(18-15(21)10-5-2-1-3-6-10)22-14(12)11-7-4-8-17-9-11/h1-9,19-20H,(H,18,21). The van der Waals surface area contributed by atoms with Crippen molar-refractivity contribution in [2.75, 3.05) is 5.32 Å². The second-order valence-electron chi connectivity index (χ2n) is 4.52. The first-order valence-corrected chi connectivity index (χ1v) is 6.48. The minimum absolute atomic E-state index is 0.0361. The molecule has 2 aromatic heterocycles. The van der Waals surface area contributed by atoms with Gasteiger partial charge in [-0.1, -0.05) is 18.2 Å². The van der Waals surface area contributed by atoms with Gasteiger partial charge in [0.1, 0.15) is 0 Å². The van der Waals surface area contributed by atoms with Gasteiger partial charge in [0.05, 0.1) is 0 Å². The molecule has 1 amide bonds. The fourth-order valence-corrected chi connectivity index (χ4v) is 1.96. The summed E-state index contributed by atoms with van der Waals surface area (Å²) in [6.45, 7) is 0. The molecule has 3 N–H and O–H groups in total. The van der Waals surface area contributed by atoms with E-state index in [0.717, 1.165) is 0 Å². The Hall–Kier alpha value is -3.28. The van der Waals surface area contributed by atoms with Crippen LogP contribution in [0.1, 0.15) is 10.4 Å². The van der Waals surface area contributed by atoms with Crippen molar-refractivity contribution in [3.05, 3.63) is 60.4 Å². The van der Waals surface area contributed by atoms with Gasteiger partial charge in [-0.15, -0.1) is 0 Å². The summed E-state index contributed by atoms with van der Waals surface area (Å²) in [5.74, 6) is -1.61. The Morgan fingerprint density at radius 2 is 1.82 bits per heavy atom. The second-order valence-corrected chi connectivity index (χ2v) is 4.52. The quantitative estimate of drug-likeness (QED) is 0.690. The third-order valence-corrected chi connectivity index (χ3v) is 3.05. The first kappa shape index (κ1) is 13.7. The van der Waals surface area contributed by atoms with Crippen molar-refractivity contribution in [2.45, 2.75) is 0 Å². The summed E-state index contributed by atoms with van der Waals surface area (Å²) in [7, 11) is 0. The fraction of sp³-hybridized carbons (Fsp3) is 0. The number of amides is 1. The van der Waals surface area contributed by atoms with Gasteiger partial charge < -0.3 is 14.6 Å². The number of nitrogens with zero attached hydrogens (tertiary/aromatic N) is 1. The van der Waals surface area contributed by atoms with E-state index >= 15 is 0 Å². The number of aromatic hydroxyl groups is 2. The Bertz CT molecular complexity index is 798. The number of carbonyl (C=O) groups is 1. The molecule has 3 aromatic rings. The summed E-state index contributed by atoms with van der Waals surface area (Å²) in [6.07, 6.45) is 3.04. The van der Waals surface area contributed by atoms with E-state index in [2.05, 4.69) is 10.3 Å². The number of rotatable bonds is 3. The Morgan fingerprint density at radius 1 is 1.05 bits per heavy atom. The number of hydrogen-bond acceptors (Lipinski definition) is 5. The summed E-state index contributed by atoms with van der Waals surface area (Å²) in [6, 6.07) is 11.8. The first-order valence-electron chi connectivity index (χ1n) is 6.48. The highest BCUT2D eigenvalue weighted by molar-refractivity contribution is 6.04. The monoisotopic (exact) mass is 296 g/mol. The van der Waals surface area contributed by atoms with Crippen LogP contribution in [0, 0.1) is 0 Å². The molecule has 0 unspecified atom stereocenters. The summed E-state index contributed by atoms with van der Waals surface area (Å²) in [5, 5.41) is 22.3. The van der Waals surface area contributed by atoms with Gasteiger partial charge in [0.15, 0.2) is 5.76 Å². The van der Waals surface area contributed by atoms with Crippen molar-refractivity contribution in [3.63, 3.8) is 0 Å². The zero-order valence-corrected chi connectivity index (χ0v) is 11.4. The van der Waals surface area contributed by atoms with Crippen molar-refractivity contribution in [1.82, 2.24) is 4.98 Å². The lowest BCUT2D eigenvalue weighted by Crippen LogP contribution is -2.10. The number of hydrogen-bond donors (Lipinski definition) is 3. The minimum Gasteiger partial charge on any atom is -0.502 e. The summed E-state index contributed by atoms with van der Waals surface area (Å²) < 4.78 is 5.35. The molecule has 0 saturated heterocycles. The van der Waals surface area contributed by atoms with Crippen LogP contribution in [0.3, 0.4) is 0 Å². The molecule has 0 aliphatic carbocycles. The van der Waals surface area contributed by atoms with Crippen molar-refractivity contribution in [2.24, 2.45) is 0 Å². The van der Waals surface area contributed by atoms with Gasteiger partial charge in [0.25, 0.3) is 5.91 Å². The molecule has 6 heteroatoms. The maximum Gasteiger partial charge on any atom is 0.258 e. The Labute approximate surface area is 125 Å². The summed E-state index contributed by atoms with van der Waals surface area (Å²) in [5.41, 5.74) is 0.885. The van der Waals surface area contributed by atoms with Gasteiger partial charge in [0.2, 0.25) is 17.4 Å². The van der Waals surface area contributed by atoms with Crippen LogP contribution in [0.2, 0.25) is 0 Å². The molecule has 2 heterocycles. The van der Waals surface area contributed by atoms with Crippen molar-refractivity contribution < 1.29 is 19.4 Å². The van der Waals surface area contributed by atoms with Crippen LogP contribution in [0.25, 0.3) is 11.3 Å². The predicted molar refractivity (Wildman–Crippen MR) is 79.7 cm³/mol. The summed E-state index contributed by atoms with van der Waals surface area (Å²) >= 11 is 0. The van der Waals surface area contributed by atoms with Crippen LogP contribution in [-0.4, -0.2) is 21.1 Å². The highest BCUT2D eigenvalue weighted by Crippen LogP contribution is 2.44. The van der Waals surface area contributed by atoms with Gasteiger partial charge in [-0.25, -0.2) is 0 Å². The van der Waals surface area contributed by atoms with Crippen molar-refractivity contribution in [1.29, 1.82) is 0 Å². The van der Waals surface area contributed by atoms with Crippen LogP contribution in [0.4, 0.5) is 5.88 Å². The molecule has 1 aromatic carbocycles. The molecule has 6 nitrogen and oxygen atoms in total. The highest BCUT2D eigenvalue weighted by Gasteiger charge is 2.22. The lowest BCUT2D eigenvalue weighted by molar-refractivity contribution is 0.102. The normalized spacial score (nSPS) is 10.4. The van der Waals surface area contributed by atoms with Crippen molar-refractivity contribution in [3.8, 4) is 22.8 Å². The molecule has 0 aliphatic heterocycles. The highest BCUT2D eigenvalue weighted by atomic mass is 16.4. The van der Waals surface area contributed by atoms with Crippen LogP contribution >= 0.6 is 0 Å². The van der Waals surface area contributed by atoms with E-state index in [1.54, 1.807) is 48.7 Å². The lowest BCUT2D eigenvalue weighted by Gasteiger charge is -2.01. The maximum atomic E-state index is 12.0. The average molecular weight is 296 g/mol. The molecule has 0 radical (unpaired) electrons. The average Bonchev–Trinajstić information content (AvgIpc) is 2.85. The van der Waals surface area contributed by atoms with E-state index in [-0.39, 0.29) is 11.6 Å². The molecule has 0 bridgehead atoms. The third kappa shape index (κ3) is 2.49. The van der Waals surface area contributed by atoms with E-state index in [9.17, 15) is 15.0 Å². The van der Waals surface area contributed by atoms with E-state index in [0.29, 0.717) is 11.1 Å². The zero-order chi connectivity index (χ0) is 15.5. The molecular weight excluding hydrogens is 284 g/mol. The molecule has 22 heavy (non-hydrogen) atoms. The van der Waals surface area contributed by atoms with Crippen molar-refractivity contribution >= 4 is 11.8 Å². The zero-order valence-electron chi connectivity index (χ0n) is 11.4. The maximum absolute atomic E-state index is 12.0. The Morgan fingerprint density at radius 3 is 2.50 bits per heavy atom. The Balaban J connectivity index is 1.91. The summed E-state index contributed by atoms with van der Waals surface area (Å²) in [4.78, 5) is 16.0. The van der Waals surface area contributed by atoms with Crippen LogP contribution in [0.5, 0.6) is 11.5 Å². The molecule has 0 saturated carbocycles. The van der Waals surface area contributed by atoms with Gasteiger partial charge in [-0.05, 0) is 24.3 Å². The first-order chi connectivity index (χ1) is 10.7. The van der Waals surface area contributed by atoms with Crippen LogP contribution < -0.4 is 5.32 Å². The number of anilines is 1. The third-order valence-electron chi connectivity index (χ3n) is 3.05.